The van der Waals surface area contributed by atoms with Gasteiger partial charge in [-0.2, -0.15) is 38.3 Å². The summed E-state index contributed by atoms with van der Waals surface area (Å²) in [7, 11) is -4.76. The van der Waals surface area contributed by atoms with Crippen molar-refractivity contribution < 1.29 is 37.8 Å². The van der Waals surface area contributed by atoms with Crippen LogP contribution >= 0.6 is 12.0 Å². The predicted molar refractivity (Wildman–Crippen MR) is 259 cm³/mol. The summed E-state index contributed by atoms with van der Waals surface area (Å²) in [5.41, 5.74) is 3.03. The normalized spacial score (nSPS) is 14.9. The van der Waals surface area contributed by atoms with Crippen LogP contribution in [0, 0.1) is 0 Å². The molecule has 6 aromatic rings. The van der Waals surface area contributed by atoms with Gasteiger partial charge >= 0.3 is 0 Å². The van der Waals surface area contributed by atoms with Gasteiger partial charge in [-0.1, -0.05) is 65.7 Å². The van der Waals surface area contributed by atoms with E-state index < -0.39 is 15.0 Å². The van der Waals surface area contributed by atoms with Crippen LogP contribution in [0.3, 0.4) is 0 Å². The van der Waals surface area contributed by atoms with E-state index >= 15 is 0 Å². The van der Waals surface area contributed by atoms with Gasteiger partial charge in [-0.3, -0.25) is 14.4 Å². The molecule has 24 heteroatoms. The number of hydrogen-bond acceptors (Lipinski definition) is 22. The molecule has 8 N–H and O–H groups in total. The first-order valence-corrected chi connectivity index (χ1v) is 23.8. The van der Waals surface area contributed by atoms with E-state index in [0.29, 0.717) is 98.4 Å². The topological polar surface area (TPSA) is 272 Å². The third-order valence-corrected chi connectivity index (χ3v) is 12.4. The van der Waals surface area contributed by atoms with Crippen LogP contribution in [0.1, 0.15) is 11.1 Å². The molecule has 0 amide bonds. The second-order valence-electron chi connectivity index (χ2n) is 15.4. The lowest BCUT2D eigenvalue weighted by Gasteiger charge is -2.34. The Morgan fingerprint density at radius 1 is 0.559 bits per heavy atom. The van der Waals surface area contributed by atoms with Crippen LogP contribution in [0.4, 0.5) is 58.4 Å². The highest BCUT2D eigenvalue weighted by Crippen LogP contribution is 2.32. The standard InChI is InChI=1S/C44H50N14O8S2/c59-27-25-55-17-21-57(22-18-55)43-51-39(45-33-7-3-1-4-8-33)49-41(53-43)47-35-15-13-31(37(29-35)67-66-65-61)11-12-32-14-16-36(30-38(32)68(62,63)64)48-42-50-40(46-34-9-5-2-6-10-34)52-44(54-42)58-23-19-56(20-24-58)26-28-60/h1-16,29-30,59-61H,17-28H2,(H,62,63,64)(H2,45,47,49,51,53)(H2,46,48,50,52,54). The number of aliphatic hydroxyl groups excluding tert-OH is 2. The minimum atomic E-state index is -4.76. The van der Waals surface area contributed by atoms with E-state index in [1.165, 1.54) is 18.2 Å². The summed E-state index contributed by atoms with van der Waals surface area (Å²) < 4.78 is 41.0. The number of piperazine rings is 2. The van der Waals surface area contributed by atoms with Crippen LogP contribution in [0.2, 0.25) is 0 Å². The highest BCUT2D eigenvalue weighted by atomic mass is 32.2. The number of para-hydroxylation sites is 2. The Kier molecular flexibility index (Phi) is 16.2. The van der Waals surface area contributed by atoms with Crippen molar-refractivity contribution in [2.45, 2.75) is 9.79 Å². The first-order chi connectivity index (χ1) is 33.1. The third kappa shape index (κ3) is 13.1. The summed E-state index contributed by atoms with van der Waals surface area (Å²) in [6, 6.07) is 28.5. The monoisotopic (exact) mass is 966 g/mol. The molecule has 0 bridgehead atoms. The van der Waals surface area contributed by atoms with Crippen LogP contribution in [-0.4, -0.2) is 147 Å². The lowest BCUT2D eigenvalue weighted by atomic mass is 10.1. The molecule has 2 aromatic heterocycles. The Morgan fingerprint density at radius 2 is 0.985 bits per heavy atom. The molecule has 0 saturated carbocycles. The van der Waals surface area contributed by atoms with Crippen molar-refractivity contribution in [1.82, 2.24) is 39.7 Å². The van der Waals surface area contributed by atoms with Crippen LogP contribution in [-0.2, 0) is 19.5 Å². The molecule has 2 fully saturated rings. The second-order valence-corrected chi connectivity index (χ2v) is 17.6. The average Bonchev–Trinajstić information content (AvgIpc) is 3.34. The maximum atomic E-state index is 12.9. The largest absolute Gasteiger partial charge is 0.395 e. The van der Waals surface area contributed by atoms with Crippen molar-refractivity contribution in [1.29, 1.82) is 0 Å². The van der Waals surface area contributed by atoms with Gasteiger partial charge in [0.15, 0.2) is 0 Å². The fourth-order valence-corrected chi connectivity index (χ4v) is 8.67. The van der Waals surface area contributed by atoms with Gasteiger partial charge in [0.1, 0.15) is 4.90 Å². The molecular weight excluding hydrogens is 917 g/mol. The number of β-amino-alcohol motifs (C(OH)–C–C–N with tert-alkyl or cyclic N) is 2. The fourth-order valence-electron chi connectivity index (χ4n) is 7.45. The zero-order valence-corrected chi connectivity index (χ0v) is 38.2. The van der Waals surface area contributed by atoms with Crippen molar-refractivity contribution in [3.63, 3.8) is 0 Å². The van der Waals surface area contributed by atoms with Crippen molar-refractivity contribution in [3.8, 4) is 0 Å². The summed E-state index contributed by atoms with van der Waals surface area (Å²) in [4.78, 5) is 36.4. The summed E-state index contributed by atoms with van der Waals surface area (Å²) in [5.74, 6) is 1.80. The van der Waals surface area contributed by atoms with E-state index in [-0.39, 0.29) is 42.3 Å². The Balaban J connectivity index is 1.04. The maximum absolute atomic E-state index is 12.9. The average molecular weight is 967 g/mol. The minimum absolute atomic E-state index is 0.0681. The van der Waals surface area contributed by atoms with Gasteiger partial charge in [0, 0.05) is 93.1 Å². The summed E-state index contributed by atoms with van der Waals surface area (Å²) >= 11 is 0.693. The molecule has 2 aliphatic heterocycles. The van der Waals surface area contributed by atoms with Gasteiger partial charge in [-0.15, -0.1) is 4.33 Å². The maximum Gasteiger partial charge on any atom is 0.295 e. The third-order valence-electron chi connectivity index (χ3n) is 10.9. The fraction of sp³-hybridized carbons (Fsp3) is 0.273. The number of hydrogen-bond donors (Lipinski definition) is 8. The minimum Gasteiger partial charge on any atom is -0.395 e. The zero-order valence-electron chi connectivity index (χ0n) is 36.6. The van der Waals surface area contributed by atoms with Crippen LogP contribution in [0.15, 0.2) is 107 Å². The number of rotatable bonds is 20. The number of aliphatic hydroxyl groups is 2. The van der Waals surface area contributed by atoms with Crippen LogP contribution in [0.25, 0.3) is 12.2 Å². The van der Waals surface area contributed by atoms with Crippen LogP contribution < -0.4 is 31.1 Å². The molecule has 2 aliphatic rings. The number of benzene rings is 4. The van der Waals surface area contributed by atoms with E-state index in [0.717, 1.165) is 24.5 Å². The smallest absolute Gasteiger partial charge is 0.295 e. The lowest BCUT2D eigenvalue weighted by Crippen LogP contribution is -2.47. The molecule has 8 rings (SSSR count). The molecule has 4 heterocycles. The molecule has 356 valence electrons. The Labute approximate surface area is 396 Å². The summed E-state index contributed by atoms with van der Waals surface area (Å²) in [5, 5.41) is 44.6. The molecule has 0 aliphatic carbocycles. The number of anilines is 10. The van der Waals surface area contributed by atoms with Gasteiger partial charge in [-0.05, 0) is 59.7 Å². The first kappa shape index (κ1) is 47.9. The molecular formula is C44H50N14O8S2. The van der Waals surface area contributed by atoms with Gasteiger partial charge in [-0.25, -0.2) is 5.26 Å². The first-order valence-electron chi connectivity index (χ1n) is 21.6. The summed E-state index contributed by atoms with van der Waals surface area (Å²) in [6.07, 6.45) is 3.13. The van der Waals surface area contributed by atoms with E-state index in [9.17, 15) is 23.2 Å². The van der Waals surface area contributed by atoms with Gasteiger partial charge < -0.3 is 41.3 Å². The number of nitrogens with zero attached hydrogens (tertiary/aromatic N) is 10. The van der Waals surface area contributed by atoms with E-state index in [1.807, 2.05) is 65.6 Å². The molecule has 68 heavy (non-hydrogen) atoms. The van der Waals surface area contributed by atoms with Crippen LogP contribution in [0.5, 0.6) is 0 Å². The van der Waals surface area contributed by atoms with E-state index in [2.05, 4.69) is 60.9 Å². The zero-order chi connectivity index (χ0) is 47.3. The molecule has 2 saturated heterocycles. The summed E-state index contributed by atoms with van der Waals surface area (Å²) in [6.45, 7) is 6.69. The molecule has 4 aromatic carbocycles. The van der Waals surface area contributed by atoms with Crippen molar-refractivity contribution >= 4 is 92.8 Å². The number of nitrogens with one attached hydrogen (secondary N) is 4. The Bertz CT molecular complexity index is 2750. The molecule has 0 atom stereocenters. The second kappa shape index (κ2) is 22.9. The lowest BCUT2D eigenvalue weighted by molar-refractivity contribution is -0.432. The van der Waals surface area contributed by atoms with Gasteiger partial charge in [0.25, 0.3) is 10.1 Å². The Hall–Kier alpha value is -6.58. The van der Waals surface area contributed by atoms with Gasteiger partial charge in [0.05, 0.1) is 25.3 Å². The van der Waals surface area contributed by atoms with Crippen molar-refractivity contribution in [2.24, 2.45) is 0 Å². The predicted octanol–water partition coefficient (Wildman–Crippen LogP) is 5.11. The molecule has 0 unspecified atom stereocenters. The highest BCUT2D eigenvalue weighted by Gasteiger charge is 2.23. The van der Waals surface area contributed by atoms with Crippen molar-refractivity contribution in [3.05, 3.63) is 108 Å². The van der Waals surface area contributed by atoms with E-state index in [4.69, 9.17) is 19.6 Å². The van der Waals surface area contributed by atoms with Gasteiger partial charge in [0.2, 0.25) is 35.7 Å². The van der Waals surface area contributed by atoms with E-state index in [1.54, 1.807) is 30.3 Å². The highest BCUT2D eigenvalue weighted by molar-refractivity contribution is 7.94. The SMILES string of the molecule is O=S(=O)(O)c1cc(Nc2nc(Nc3ccccc3)nc(N3CCN(CCO)CC3)n2)ccc1C=Cc1ccc(Nc2nc(Nc3ccccc3)nc(N3CCN(CCO)CC3)n2)cc1SOOO. The van der Waals surface area contributed by atoms with Crippen molar-refractivity contribution in [2.75, 3.05) is 110 Å². The Morgan fingerprint density at radius 3 is 1.43 bits per heavy atom. The molecule has 22 nitrogen and oxygen atoms in total. The number of aromatic nitrogens is 6. The molecule has 0 radical (unpaired) electrons. The quantitative estimate of drug-likeness (QED) is 0.0162. The molecule has 0 spiro atoms.